The molecule has 0 saturated carbocycles. The van der Waals surface area contributed by atoms with E-state index in [0.717, 1.165) is 0 Å². The van der Waals surface area contributed by atoms with Crippen LogP contribution in [-0.2, 0) is 0 Å². The molecule has 2 N–H and O–H groups in total. The summed E-state index contributed by atoms with van der Waals surface area (Å²) in [5, 5.41) is 0. The molecule has 0 saturated heterocycles. The molecule has 1 rings (SSSR count). The third-order valence-electron chi connectivity index (χ3n) is 4.21. The molecule has 1 nitrogen and oxygen atoms in total. The van der Waals surface area contributed by atoms with Crippen LogP contribution in [-0.4, -0.2) is 6.54 Å². The molecule has 0 spiro atoms. The molecule has 0 heterocycles. The lowest BCUT2D eigenvalue weighted by Gasteiger charge is -2.32. The van der Waals surface area contributed by atoms with E-state index in [0.29, 0.717) is 12.0 Å². The lowest BCUT2D eigenvalue weighted by molar-refractivity contribution is 0.377. The van der Waals surface area contributed by atoms with Crippen LogP contribution in [0.3, 0.4) is 0 Å². The van der Waals surface area contributed by atoms with Gasteiger partial charge in [-0.3, -0.25) is 0 Å². The minimum Gasteiger partial charge on any atom is -0.327 e. The zero-order chi connectivity index (χ0) is 15.9. The molecule has 0 radical (unpaired) electrons. The maximum atomic E-state index is 5.49. The molecule has 21 heavy (non-hydrogen) atoms. The van der Waals surface area contributed by atoms with Gasteiger partial charge in [0.25, 0.3) is 0 Å². The first-order valence-corrected chi connectivity index (χ1v) is 7.97. The Morgan fingerprint density at radius 1 is 1.19 bits per heavy atom. The summed E-state index contributed by atoms with van der Waals surface area (Å²) in [6, 6.07) is 0. The average molecular weight is 285 g/mol. The summed E-state index contributed by atoms with van der Waals surface area (Å²) in [5.74, 6) is 0. The van der Waals surface area contributed by atoms with Gasteiger partial charge in [0.05, 0.1) is 0 Å². The van der Waals surface area contributed by atoms with Crippen LogP contribution in [0.4, 0.5) is 0 Å². The van der Waals surface area contributed by atoms with Crippen LogP contribution in [0, 0.1) is 5.41 Å². The Balaban J connectivity index is 2.78. The highest BCUT2D eigenvalue weighted by atomic mass is 14.5. The molecule has 1 aliphatic carbocycles. The maximum Gasteiger partial charge on any atom is 0.0112 e. The van der Waals surface area contributed by atoms with Crippen molar-refractivity contribution in [2.45, 2.75) is 53.9 Å². The maximum absolute atomic E-state index is 5.49. The molecule has 0 aromatic carbocycles. The SMILES string of the molecule is CC1=C(/C=C/C(C)=C/C=C/C(C)=C\CN)C(C)(C)CCC1. The highest BCUT2D eigenvalue weighted by molar-refractivity contribution is 5.37. The minimum absolute atomic E-state index is 0.315. The minimum atomic E-state index is 0.315. The lowest BCUT2D eigenvalue weighted by atomic mass is 9.72. The first-order chi connectivity index (χ1) is 9.86. The third-order valence-corrected chi connectivity index (χ3v) is 4.21. The average Bonchev–Trinajstić information content (AvgIpc) is 2.37. The van der Waals surface area contributed by atoms with Gasteiger partial charge in [0.2, 0.25) is 0 Å². The van der Waals surface area contributed by atoms with Crippen molar-refractivity contribution < 1.29 is 0 Å². The molecule has 0 bridgehead atoms. The first kappa shape index (κ1) is 17.7. The number of rotatable bonds is 5. The molecule has 1 heteroatoms. The van der Waals surface area contributed by atoms with Crippen molar-refractivity contribution >= 4 is 0 Å². The molecule has 0 atom stereocenters. The summed E-state index contributed by atoms with van der Waals surface area (Å²) in [6.45, 7) is 11.8. The van der Waals surface area contributed by atoms with Gasteiger partial charge in [-0.25, -0.2) is 0 Å². The number of hydrogen-bond donors (Lipinski definition) is 1. The Labute approximate surface area is 131 Å². The molecule has 0 aromatic rings. The van der Waals surface area contributed by atoms with Gasteiger partial charge >= 0.3 is 0 Å². The molecule has 116 valence electrons. The van der Waals surface area contributed by atoms with Crippen molar-refractivity contribution in [3.63, 3.8) is 0 Å². The van der Waals surface area contributed by atoms with Crippen LogP contribution >= 0.6 is 0 Å². The van der Waals surface area contributed by atoms with Crippen LogP contribution in [0.2, 0.25) is 0 Å². The van der Waals surface area contributed by atoms with E-state index in [9.17, 15) is 0 Å². The summed E-state index contributed by atoms with van der Waals surface area (Å²) in [5.41, 5.74) is 11.3. The zero-order valence-electron chi connectivity index (χ0n) is 14.4. The van der Waals surface area contributed by atoms with Crippen molar-refractivity contribution in [2.24, 2.45) is 11.1 Å². The smallest absolute Gasteiger partial charge is 0.0112 e. The van der Waals surface area contributed by atoms with E-state index in [1.807, 2.05) is 6.08 Å². The number of nitrogens with two attached hydrogens (primary N) is 1. The zero-order valence-corrected chi connectivity index (χ0v) is 14.4. The van der Waals surface area contributed by atoms with Crippen LogP contribution in [0.25, 0.3) is 0 Å². The summed E-state index contributed by atoms with van der Waals surface area (Å²) >= 11 is 0. The van der Waals surface area contributed by atoms with Gasteiger partial charge in [0, 0.05) is 6.54 Å². The summed E-state index contributed by atoms with van der Waals surface area (Å²) < 4.78 is 0. The second-order valence-corrected chi connectivity index (χ2v) is 6.72. The molecule has 0 fully saturated rings. The Morgan fingerprint density at radius 3 is 2.52 bits per heavy atom. The monoisotopic (exact) mass is 285 g/mol. The van der Waals surface area contributed by atoms with E-state index in [-0.39, 0.29) is 0 Å². The van der Waals surface area contributed by atoms with Gasteiger partial charge in [-0.2, -0.15) is 0 Å². The Morgan fingerprint density at radius 2 is 1.90 bits per heavy atom. The molecular weight excluding hydrogens is 254 g/mol. The highest BCUT2D eigenvalue weighted by Crippen LogP contribution is 2.40. The number of allylic oxidation sites excluding steroid dienone is 9. The van der Waals surface area contributed by atoms with E-state index < -0.39 is 0 Å². The highest BCUT2D eigenvalue weighted by Gasteiger charge is 2.26. The normalized spacial score (nSPS) is 20.9. The fourth-order valence-corrected chi connectivity index (χ4v) is 2.89. The predicted octanol–water partition coefficient (Wildman–Crippen LogP) is 5.48. The van der Waals surface area contributed by atoms with Crippen molar-refractivity contribution in [3.05, 3.63) is 58.7 Å². The standard InChI is InChI=1S/C20H31N/c1-16(8-6-9-17(2)13-15-21)11-12-19-18(3)10-7-14-20(19,4)5/h6,8-9,11-13H,7,10,14-15,21H2,1-5H3/b9-6+,12-11+,16-8+,17-13-. The van der Waals surface area contributed by atoms with Crippen molar-refractivity contribution in [1.82, 2.24) is 0 Å². The van der Waals surface area contributed by atoms with Crippen molar-refractivity contribution in [1.29, 1.82) is 0 Å². The topological polar surface area (TPSA) is 26.0 Å². The Hall–Kier alpha value is -1.34. The van der Waals surface area contributed by atoms with E-state index in [1.54, 1.807) is 5.57 Å². The van der Waals surface area contributed by atoms with Crippen LogP contribution < -0.4 is 5.73 Å². The molecule has 0 aliphatic heterocycles. The molecule has 0 aromatic heterocycles. The molecule has 0 unspecified atom stereocenters. The van der Waals surface area contributed by atoms with Gasteiger partial charge in [-0.15, -0.1) is 0 Å². The van der Waals surface area contributed by atoms with Crippen molar-refractivity contribution in [2.75, 3.05) is 6.54 Å². The lowest BCUT2D eigenvalue weighted by Crippen LogP contribution is -2.19. The van der Waals surface area contributed by atoms with Gasteiger partial charge in [0.15, 0.2) is 0 Å². The van der Waals surface area contributed by atoms with Crippen LogP contribution in [0.15, 0.2) is 58.7 Å². The van der Waals surface area contributed by atoms with E-state index in [1.165, 1.54) is 36.0 Å². The van der Waals surface area contributed by atoms with Crippen LogP contribution in [0.5, 0.6) is 0 Å². The summed E-state index contributed by atoms with van der Waals surface area (Å²) in [6.07, 6.45) is 16.8. The van der Waals surface area contributed by atoms with Crippen molar-refractivity contribution in [3.8, 4) is 0 Å². The summed E-state index contributed by atoms with van der Waals surface area (Å²) in [7, 11) is 0. The van der Waals surface area contributed by atoms with Gasteiger partial charge < -0.3 is 5.73 Å². The Bertz CT molecular complexity index is 496. The molecule has 1 aliphatic rings. The largest absolute Gasteiger partial charge is 0.327 e. The quantitative estimate of drug-likeness (QED) is 0.665. The van der Waals surface area contributed by atoms with Gasteiger partial charge in [0.1, 0.15) is 0 Å². The second kappa shape index (κ2) is 8.19. The predicted molar refractivity (Wildman–Crippen MR) is 95.2 cm³/mol. The molecular formula is C20H31N. The van der Waals surface area contributed by atoms with E-state index >= 15 is 0 Å². The number of hydrogen-bond acceptors (Lipinski definition) is 1. The molecule has 0 amide bonds. The van der Waals surface area contributed by atoms with Gasteiger partial charge in [-0.05, 0) is 51.0 Å². The van der Waals surface area contributed by atoms with Crippen LogP contribution in [0.1, 0.15) is 53.9 Å². The third kappa shape index (κ3) is 5.89. The fraction of sp³-hybridized carbons (Fsp3) is 0.500. The summed E-state index contributed by atoms with van der Waals surface area (Å²) in [4.78, 5) is 0. The van der Waals surface area contributed by atoms with E-state index in [2.05, 4.69) is 65.0 Å². The Kier molecular flexibility index (Phi) is 6.91. The second-order valence-electron chi connectivity index (χ2n) is 6.72. The van der Waals surface area contributed by atoms with Gasteiger partial charge in [-0.1, -0.05) is 67.0 Å². The fourth-order valence-electron chi connectivity index (χ4n) is 2.89. The first-order valence-electron chi connectivity index (χ1n) is 7.97. The van der Waals surface area contributed by atoms with E-state index in [4.69, 9.17) is 5.73 Å².